The van der Waals surface area contributed by atoms with E-state index in [9.17, 15) is 19.2 Å². The van der Waals surface area contributed by atoms with Gasteiger partial charge in [0, 0.05) is 0 Å². The van der Waals surface area contributed by atoms with Gasteiger partial charge in [-0.1, -0.05) is 6.07 Å². The van der Waals surface area contributed by atoms with Gasteiger partial charge in [-0.25, -0.2) is 9.59 Å². The predicted octanol–water partition coefficient (Wildman–Crippen LogP) is 2.71. The first-order chi connectivity index (χ1) is 13.2. The third-order valence-electron chi connectivity index (χ3n) is 3.07. The summed E-state index contributed by atoms with van der Waals surface area (Å²) in [6.45, 7) is 2.79. The van der Waals surface area contributed by atoms with Crippen molar-refractivity contribution in [1.29, 1.82) is 0 Å². The minimum Gasteiger partial charge on any atom is -0.486 e. The molecule has 2 rings (SSSR count). The SMILES string of the molecule is CC(=O)COc1ccc(C(=O)O)cc1.CC(=O)COc1cccc(C(=O)O)c1. The Kier molecular flexibility index (Phi) is 8.88. The molecule has 0 spiro atoms. The molecule has 0 saturated heterocycles. The molecular weight excluding hydrogens is 368 g/mol. The van der Waals surface area contributed by atoms with E-state index in [1.807, 2.05) is 0 Å². The normalized spacial score (nSPS) is 9.50. The zero-order valence-electron chi connectivity index (χ0n) is 15.4. The standard InChI is InChI=1S/2C10H10O4/c1-7(11)6-14-9-4-2-8(3-5-9)10(12)13;1-7(11)6-14-9-4-2-3-8(5-9)10(12)13/h2*2-5H,6H2,1H3,(H,12,13). The highest BCUT2D eigenvalue weighted by atomic mass is 16.5. The Hall–Kier alpha value is -3.68. The lowest BCUT2D eigenvalue weighted by molar-refractivity contribution is -0.119. The number of carbonyl (C=O) groups excluding carboxylic acids is 2. The molecule has 2 N–H and O–H groups in total. The van der Waals surface area contributed by atoms with Gasteiger partial charge in [-0.15, -0.1) is 0 Å². The average Bonchev–Trinajstić information content (AvgIpc) is 2.65. The van der Waals surface area contributed by atoms with Gasteiger partial charge in [-0.3, -0.25) is 9.59 Å². The third-order valence-corrected chi connectivity index (χ3v) is 3.07. The van der Waals surface area contributed by atoms with Crippen LogP contribution in [0.15, 0.2) is 48.5 Å². The number of carbonyl (C=O) groups is 4. The summed E-state index contributed by atoms with van der Waals surface area (Å²) in [4.78, 5) is 42.2. The molecule has 0 amide bonds. The first-order valence-corrected chi connectivity index (χ1v) is 8.10. The van der Waals surface area contributed by atoms with Crippen molar-refractivity contribution in [1.82, 2.24) is 0 Å². The maximum atomic E-state index is 10.6. The number of carboxylic acids is 2. The smallest absolute Gasteiger partial charge is 0.335 e. The second-order valence-electron chi connectivity index (χ2n) is 5.64. The van der Waals surface area contributed by atoms with Gasteiger partial charge in [-0.2, -0.15) is 0 Å². The fourth-order valence-electron chi connectivity index (χ4n) is 1.78. The van der Waals surface area contributed by atoms with E-state index in [-0.39, 0.29) is 35.9 Å². The van der Waals surface area contributed by atoms with E-state index in [1.165, 1.54) is 50.2 Å². The third kappa shape index (κ3) is 8.61. The van der Waals surface area contributed by atoms with Gasteiger partial charge < -0.3 is 19.7 Å². The van der Waals surface area contributed by atoms with Gasteiger partial charge in [-0.05, 0) is 56.3 Å². The van der Waals surface area contributed by atoms with E-state index in [0.29, 0.717) is 11.5 Å². The molecule has 8 nitrogen and oxygen atoms in total. The van der Waals surface area contributed by atoms with Crippen LogP contribution in [0.3, 0.4) is 0 Å². The van der Waals surface area contributed by atoms with Crippen molar-refractivity contribution >= 4 is 23.5 Å². The van der Waals surface area contributed by atoms with Gasteiger partial charge in [0.15, 0.2) is 11.6 Å². The number of rotatable bonds is 8. The Morgan fingerprint density at radius 1 is 0.714 bits per heavy atom. The molecule has 0 radical (unpaired) electrons. The molecule has 0 saturated carbocycles. The van der Waals surface area contributed by atoms with Gasteiger partial charge in [0.2, 0.25) is 0 Å². The quantitative estimate of drug-likeness (QED) is 0.707. The van der Waals surface area contributed by atoms with Crippen LogP contribution >= 0.6 is 0 Å². The fraction of sp³-hybridized carbons (Fsp3) is 0.200. The number of ketones is 2. The van der Waals surface area contributed by atoms with Gasteiger partial charge in [0.25, 0.3) is 0 Å². The Bertz CT molecular complexity index is 840. The lowest BCUT2D eigenvalue weighted by atomic mass is 10.2. The minimum atomic E-state index is -1.02. The van der Waals surface area contributed by atoms with Crippen molar-refractivity contribution in [3.05, 3.63) is 59.7 Å². The maximum Gasteiger partial charge on any atom is 0.335 e. The summed E-state index contributed by atoms with van der Waals surface area (Å²) >= 11 is 0. The number of hydrogen-bond acceptors (Lipinski definition) is 6. The van der Waals surface area contributed by atoms with Crippen LogP contribution in [0.25, 0.3) is 0 Å². The van der Waals surface area contributed by atoms with Crippen LogP contribution in [0.2, 0.25) is 0 Å². The summed E-state index contributed by atoms with van der Waals surface area (Å²) in [6, 6.07) is 11.9. The summed E-state index contributed by atoms with van der Waals surface area (Å²) in [6.07, 6.45) is 0. The summed E-state index contributed by atoms with van der Waals surface area (Å²) in [5.74, 6) is -1.30. The number of ether oxygens (including phenoxy) is 2. The fourth-order valence-corrected chi connectivity index (χ4v) is 1.78. The number of Topliss-reactive ketones (excluding diaryl/α,β-unsaturated/α-hetero) is 2. The van der Waals surface area contributed by atoms with Crippen molar-refractivity contribution in [2.75, 3.05) is 13.2 Å². The molecule has 0 aliphatic rings. The summed E-state index contributed by atoms with van der Waals surface area (Å²) < 4.78 is 10.1. The van der Waals surface area contributed by atoms with Crippen molar-refractivity contribution in [2.45, 2.75) is 13.8 Å². The van der Waals surface area contributed by atoms with Crippen LogP contribution in [-0.2, 0) is 9.59 Å². The van der Waals surface area contributed by atoms with E-state index in [2.05, 4.69) is 0 Å². The molecule has 8 heteroatoms. The molecule has 2 aromatic rings. The monoisotopic (exact) mass is 388 g/mol. The zero-order valence-corrected chi connectivity index (χ0v) is 15.4. The molecule has 28 heavy (non-hydrogen) atoms. The van der Waals surface area contributed by atoms with E-state index >= 15 is 0 Å². The van der Waals surface area contributed by atoms with E-state index in [4.69, 9.17) is 19.7 Å². The largest absolute Gasteiger partial charge is 0.486 e. The molecule has 0 bridgehead atoms. The maximum absolute atomic E-state index is 10.6. The topological polar surface area (TPSA) is 127 Å². The Labute approximate surface area is 161 Å². The second-order valence-corrected chi connectivity index (χ2v) is 5.64. The zero-order chi connectivity index (χ0) is 21.1. The first-order valence-electron chi connectivity index (χ1n) is 8.10. The molecule has 0 aliphatic heterocycles. The second kappa shape index (κ2) is 11.1. The highest BCUT2D eigenvalue weighted by molar-refractivity contribution is 5.88. The van der Waals surface area contributed by atoms with Crippen LogP contribution in [0.5, 0.6) is 11.5 Å². The van der Waals surface area contributed by atoms with Crippen LogP contribution in [0.1, 0.15) is 34.6 Å². The average molecular weight is 388 g/mol. The summed E-state index contributed by atoms with van der Waals surface area (Å²) in [5.41, 5.74) is 0.339. The summed E-state index contributed by atoms with van der Waals surface area (Å²) in [5, 5.41) is 17.3. The molecule has 0 atom stereocenters. The van der Waals surface area contributed by atoms with Gasteiger partial charge >= 0.3 is 11.9 Å². The van der Waals surface area contributed by atoms with Crippen molar-refractivity contribution in [3.8, 4) is 11.5 Å². The van der Waals surface area contributed by atoms with Crippen LogP contribution in [0, 0.1) is 0 Å². The lowest BCUT2D eigenvalue weighted by Crippen LogP contribution is -2.07. The molecule has 2 aromatic carbocycles. The Morgan fingerprint density at radius 2 is 1.21 bits per heavy atom. The molecule has 0 aliphatic carbocycles. The van der Waals surface area contributed by atoms with Crippen LogP contribution in [-0.4, -0.2) is 46.9 Å². The van der Waals surface area contributed by atoms with Crippen molar-refractivity contribution in [2.24, 2.45) is 0 Å². The molecule has 0 unspecified atom stereocenters. The van der Waals surface area contributed by atoms with Crippen LogP contribution < -0.4 is 9.47 Å². The van der Waals surface area contributed by atoms with Crippen molar-refractivity contribution in [3.63, 3.8) is 0 Å². The van der Waals surface area contributed by atoms with Crippen LogP contribution in [0.4, 0.5) is 0 Å². The predicted molar refractivity (Wildman–Crippen MR) is 99.2 cm³/mol. The Balaban J connectivity index is 0.000000280. The minimum absolute atomic E-state index is 0.00637. The van der Waals surface area contributed by atoms with Crippen molar-refractivity contribution < 1.29 is 38.9 Å². The molecule has 148 valence electrons. The highest BCUT2D eigenvalue weighted by Crippen LogP contribution is 2.13. The lowest BCUT2D eigenvalue weighted by Gasteiger charge is -2.03. The number of carboxylic acid groups (broad SMARTS) is 2. The van der Waals surface area contributed by atoms with Gasteiger partial charge in [0.1, 0.15) is 24.7 Å². The number of aromatic carboxylic acids is 2. The molecular formula is C20H20O8. The van der Waals surface area contributed by atoms with E-state index in [0.717, 1.165) is 0 Å². The molecule has 0 aromatic heterocycles. The molecule has 0 fully saturated rings. The number of benzene rings is 2. The Morgan fingerprint density at radius 3 is 1.68 bits per heavy atom. The first kappa shape index (κ1) is 22.4. The van der Waals surface area contributed by atoms with Gasteiger partial charge in [0.05, 0.1) is 11.1 Å². The molecule has 0 heterocycles. The number of hydrogen-bond donors (Lipinski definition) is 2. The highest BCUT2D eigenvalue weighted by Gasteiger charge is 2.04. The summed E-state index contributed by atoms with van der Waals surface area (Å²) in [7, 11) is 0. The van der Waals surface area contributed by atoms with E-state index < -0.39 is 11.9 Å². The van der Waals surface area contributed by atoms with E-state index in [1.54, 1.807) is 12.1 Å².